The number of phosphoric acid groups is 2. The lowest BCUT2D eigenvalue weighted by atomic mass is 10.0. The van der Waals surface area contributed by atoms with Crippen LogP contribution < -0.4 is 0 Å². The van der Waals surface area contributed by atoms with Gasteiger partial charge in [-0.2, -0.15) is 0 Å². The molecule has 0 heterocycles. The average Bonchev–Trinajstić information content (AvgIpc) is 3.68. The molecule has 0 radical (unpaired) electrons. The Morgan fingerprint density at radius 3 is 0.756 bits per heavy atom. The Hall–Kier alpha value is -1.94. The highest BCUT2D eigenvalue weighted by Gasteiger charge is 2.30. The smallest absolute Gasteiger partial charge is 0.462 e. The Morgan fingerprint density at radius 2 is 0.511 bits per heavy atom. The van der Waals surface area contributed by atoms with Gasteiger partial charge in [-0.05, 0) is 37.5 Å². The van der Waals surface area contributed by atoms with E-state index < -0.39 is 97.5 Å². The number of phosphoric ester groups is 2. The lowest BCUT2D eigenvalue weighted by Crippen LogP contribution is -2.30. The fourth-order valence-corrected chi connectivity index (χ4v) is 12.3. The maximum Gasteiger partial charge on any atom is 0.472 e. The number of hydrogen-bond donors (Lipinski definition) is 3. The average molecular weight is 1330 g/mol. The van der Waals surface area contributed by atoms with Crippen LogP contribution in [0.25, 0.3) is 0 Å². The van der Waals surface area contributed by atoms with Gasteiger partial charge in [-0.3, -0.25) is 37.3 Å². The number of rotatable bonds is 70. The minimum absolute atomic E-state index is 0.101. The van der Waals surface area contributed by atoms with E-state index in [-0.39, 0.29) is 25.7 Å². The Balaban J connectivity index is 5.17. The van der Waals surface area contributed by atoms with E-state index in [1.54, 1.807) is 0 Å². The van der Waals surface area contributed by atoms with Gasteiger partial charge >= 0.3 is 39.5 Å². The Labute approximate surface area is 549 Å². The van der Waals surface area contributed by atoms with Crippen LogP contribution in [0.15, 0.2) is 0 Å². The molecule has 0 saturated heterocycles. The zero-order valence-electron chi connectivity index (χ0n) is 58.4. The summed E-state index contributed by atoms with van der Waals surface area (Å²) in [5.74, 6) is -0.781. The normalized spacial score (nSPS) is 14.1. The molecule has 3 N–H and O–H groups in total. The van der Waals surface area contributed by atoms with Crippen molar-refractivity contribution < 1.29 is 80.2 Å². The van der Waals surface area contributed by atoms with E-state index in [4.69, 9.17) is 37.0 Å². The van der Waals surface area contributed by atoms with Crippen molar-refractivity contribution >= 4 is 39.5 Å². The standard InChI is InChI=1S/C71H138O17P2/c1-7-9-11-13-15-17-19-21-22-23-24-25-26-27-28-30-32-34-43-49-55-70(75)87-66(59-81-68(73)53-47-41-33-31-29-20-18-16-14-12-10-8-2)61-85-89(77,78)83-57-65(72)58-84-90(79,80)86-62-67(88-71(76)56-50-44-38-36-40-46-52-64(5)6)60-82-69(74)54-48-42-37-35-39-45-51-63(3)4/h63-67,72H,7-62H2,1-6H3,(H,77,78)(H,79,80)/t65-,66-,67-/m1/s1. The minimum atomic E-state index is -4.95. The van der Waals surface area contributed by atoms with Crippen molar-refractivity contribution in [1.82, 2.24) is 0 Å². The van der Waals surface area contributed by atoms with Crippen LogP contribution in [0.2, 0.25) is 0 Å². The van der Waals surface area contributed by atoms with Gasteiger partial charge in [0.2, 0.25) is 0 Å². The topological polar surface area (TPSA) is 237 Å². The van der Waals surface area contributed by atoms with Crippen LogP contribution in [0.1, 0.15) is 363 Å². The lowest BCUT2D eigenvalue weighted by Gasteiger charge is -2.21. The van der Waals surface area contributed by atoms with Gasteiger partial charge < -0.3 is 33.8 Å². The second-order valence-corrected chi connectivity index (χ2v) is 29.5. The molecule has 17 nitrogen and oxygen atoms in total. The molecule has 90 heavy (non-hydrogen) atoms. The summed E-state index contributed by atoms with van der Waals surface area (Å²) in [6, 6.07) is 0. The van der Waals surface area contributed by atoms with Crippen molar-refractivity contribution in [2.45, 2.75) is 381 Å². The first-order chi connectivity index (χ1) is 43.4. The summed E-state index contributed by atoms with van der Waals surface area (Å²) >= 11 is 0. The summed E-state index contributed by atoms with van der Waals surface area (Å²) in [6.07, 6.45) is 49.0. The van der Waals surface area contributed by atoms with Crippen molar-refractivity contribution in [3.63, 3.8) is 0 Å². The van der Waals surface area contributed by atoms with E-state index in [2.05, 4.69) is 41.5 Å². The number of ether oxygens (including phenoxy) is 4. The number of aliphatic hydroxyl groups is 1. The molecule has 19 heteroatoms. The van der Waals surface area contributed by atoms with Gasteiger partial charge in [0.05, 0.1) is 26.4 Å². The van der Waals surface area contributed by atoms with Crippen LogP contribution in [-0.4, -0.2) is 96.7 Å². The molecule has 0 aliphatic rings. The Morgan fingerprint density at radius 1 is 0.300 bits per heavy atom. The van der Waals surface area contributed by atoms with E-state index in [1.165, 1.54) is 173 Å². The van der Waals surface area contributed by atoms with Crippen LogP contribution in [0.3, 0.4) is 0 Å². The molecule has 0 spiro atoms. The third kappa shape index (κ3) is 64.8. The summed E-state index contributed by atoms with van der Waals surface area (Å²) in [5, 5.41) is 10.6. The number of unbranched alkanes of at least 4 members (excludes halogenated alkanes) is 40. The van der Waals surface area contributed by atoms with Crippen molar-refractivity contribution in [2.24, 2.45) is 11.8 Å². The van der Waals surface area contributed by atoms with Gasteiger partial charge in [-0.1, -0.05) is 311 Å². The van der Waals surface area contributed by atoms with Crippen LogP contribution in [0.5, 0.6) is 0 Å². The van der Waals surface area contributed by atoms with E-state index >= 15 is 0 Å². The van der Waals surface area contributed by atoms with E-state index in [9.17, 15) is 43.2 Å². The number of esters is 4. The molecule has 0 aliphatic carbocycles. The first-order valence-corrected chi connectivity index (χ1v) is 40.0. The highest BCUT2D eigenvalue weighted by atomic mass is 31.2. The molecular formula is C71H138O17P2. The Bertz CT molecular complexity index is 1750. The fourth-order valence-electron chi connectivity index (χ4n) is 10.8. The van der Waals surface area contributed by atoms with E-state index in [0.717, 1.165) is 96.3 Å². The van der Waals surface area contributed by atoms with Crippen molar-refractivity contribution in [3.05, 3.63) is 0 Å². The number of hydrogen-bond acceptors (Lipinski definition) is 15. The summed E-state index contributed by atoms with van der Waals surface area (Å²) in [7, 11) is -9.90. The lowest BCUT2D eigenvalue weighted by molar-refractivity contribution is -0.161. The van der Waals surface area contributed by atoms with Crippen molar-refractivity contribution in [2.75, 3.05) is 39.6 Å². The SMILES string of the molecule is CCCCCCCCCCCCCCCCCCCCCCC(=O)O[C@H](COC(=O)CCCCCCCCCCCCCC)COP(=O)(O)OC[C@@H](O)COP(=O)(O)OC[C@@H](COC(=O)CCCCCCCCC(C)C)OC(=O)CCCCCCCCC(C)C. The van der Waals surface area contributed by atoms with Gasteiger partial charge in [0.1, 0.15) is 19.3 Å². The highest BCUT2D eigenvalue weighted by molar-refractivity contribution is 7.47. The maximum absolute atomic E-state index is 13.0. The summed E-state index contributed by atoms with van der Waals surface area (Å²) in [6.45, 7) is 9.37. The largest absolute Gasteiger partial charge is 0.472 e. The molecule has 534 valence electrons. The van der Waals surface area contributed by atoms with Gasteiger partial charge in [-0.25, -0.2) is 9.13 Å². The molecule has 5 atom stereocenters. The molecule has 0 aromatic carbocycles. The molecule has 0 rings (SSSR count). The third-order valence-electron chi connectivity index (χ3n) is 16.5. The zero-order valence-corrected chi connectivity index (χ0v) is 60.2. The molecule has 0 aromatic rings. The van der Waals surface area contributed by atoms with Gasteiger partial charge in [-0.15, -0.1) is 0 Å². The van der Waals surface area contributed by atoms with Gasteiger partial charge in [0.25, 0.3) is 0 Å². The third-order valence-corrected chi connectivity index (χ3v) is 18.4. The minimum Gasteiger partial charge on any atom is -0.462 e. The van der Waals surface area contributed by atoms with E-state index in [1.807, 2.05) is 0 Å². The monoisotopic (exact) mass is 1320 g/mol. The number of aliphatic hydroxyl groups excluding tert-OH is 1. The molecule has 0 amide bonds. The molecule has 0 bridgehead atoms. The van der Waals surface area contributed by atoms with Crippen LogP contribution in [0, 0.1) is 11.8 Å². The first-order valence-electron chi connectivity index (χ1n) is 37.0. The molecule has 0 aliphatic heterocycles. The van der Waals surface area contributed by atoms with E-state index in [0.29, 0.717) is 37.5 Å². The second-order valence-electron chi connectivity index (χ2n) is 26.6. The first kappa shape index (κ1) is 88.1. The molecule has 0 aromatic heterocycles. The van der Waals surface area contributed by atoms with Crippen molar-refractivity contribution in [3.8, 4) is 0 Å². The fraction of sp³-hybridized carbons (Fsp3) is 0.944. The highest BCUT2D eigenvalue weighted by Crippen LogP contribution is 2.45. The van der Waals surface area contributed by atoms with Crippen LogP contribution in [-0.2, 0) is 65.4 Å². The number of carbonyl (C=O) groups excluding carboxylic acids is 4. The number of carbonyl (C=O) groups is 4. The molecular weight excluding hydrogens is 1190 g/mol. The predicted octanol–water partition coefficient (Wildman–Crippen LogP) is 20.4. The molecule has 0 fully saturated rings. The van der Waals surface area contributed by atoms with Gasteiger partial charge in [0, 0.05) is 25.7 Å². The zero-order chi connectivity index (χ0) is 66.5. The molecule has 0 saturated carbocycles. The Kier molecular flexibility index (Phi) is 61.8. The summed E-state index contributed by atoms with van der Waals surface area (Å²) in [5.41, 5.74) is 0. The maximum atomic E-state index is 13.0. The summed E-state index contributed by atoms with van der Waals surface area (Å²) in [4.78, 5) is 72.4. The van der Waals surface area contributed by atoms with Crippen LogP contribution >= 0.6 is 15.6 Å². The van der Waals surface area contributed by atoms with Crippen LogP contribution in [0.4, 0.5) is 0 Å². The summed E-state index contributed by atoms with van der Waals surface area (Å²) < 4.78 is 68.2. The second kappa shape index (κ2) is 63.1. The predicted molar refractivity (Wildman–Crippen MR) is 363 cm³/mol. The van der Waals surface area contributed by atoms with Gasteiger partial charge in [0.15, 0.2) is 12.2 Å². The van der Waals surface area contributed by atoms with Crippen molar-refractivity contribution in [1.29, 1.82) is 0 Å². The quantitative estimate of drug-likeness (QED) is 0.0222. The molecule has 2 unspecified atom stereocenters.